The third-order valence-corrected chi connectivity index (χ3v) is 5.16. The fraction of sp³-hybridized carbons (Fsp3) is 0.263. The molecule has 7 nitrogen and oxygen atoms in total. The van der Waals surface area contributed by atoms with Crippen molar-refractivity contribution < 1.29 is 9.66 Å². The van der Waals surface area contributed by atoms with Crippen LogP contribution in [0.25, 0.3) is 10.9 Å². The van der Waals surface area contributed by atoms with Crippen molar-refractivity contribution in [1.29, 1.82) is 0 Å². The van der Waals surface area contributed by atoms with Gasteiger partial charge >= 0.3 is 0 Å². The maximum absolute atomic E-state index is 13.0. The van der Waals surface area contributed by atoms with Crippen LogP contribution in [-0.2, 0) is 10.5 Å². The van der Waals surface area contributed by atoms with Crippen LogP contribution in [-0.4, -0.2) is 28.2 Å². The highest BCUT2D eigenvalue weighted by Gasteiger charge is 2.16. The highest BCUT2D eigenvalue weighted by atomic mass is 32.2. The van der Waals surface area contributed by atoms with E-state index in [4.69, 9.17) is 4.74 Å². The maximum atomic E-state index is 13.0. The predicted octanol–water partition coefficient (Wildman–Crippen LogP) is 3.80. The van der Waals surface area contributed by atoms with E-state index in [0.717, 1.165) is 5.56 Å². The van der Waals surface area contributed by atoms with E-state index in [9.17, 15) is 14.9 Å². The second kappa shape index (κ2) is 8.32. The summed E-state index contributed by atoms with van der Waals surface area (Å²) >= 11 is 1.42. The lowest BCUT2D eigenvalue weighted by atomic mass is 10.2. The summed E-state index contributed by atoms with van der Waals surface area (Å²) in [4.78, 5) is 28.0. The van der Waals surface area contributed by atoms with Gasteiger partial charge in [-0.2, -0.15) is 0 Å². The molecular formula is C19H19N3O4S. The average molecular weight is 385 g/mol. The molecule has 0 aliphatic rings. The van der Waals surface area contributed by atoms with E-state index < -0.39 is 4.92 Å². The van der Waals surface area contributed by atoms with Crippen LogP contribution in [0.4, 0.5) is 5.69 Å². The quantitative estimate of drug-likeness (QED) is 0.266. The van der Waals surface area contributed by atoms with Crippen molar-refractivity contribution in [2.24, 2.45) is 0 Å². The fourth-order valence-electron chi connectivity index (χ4n) is 2.79. The summed E-state index contributed by atoms with van der Waals surface area (Å²) in [7, 11) is 1.60. The van der Waals surface area contributed by atoms with Crippen LogP contribution < -0.4 is 5.56 Å². The lowest BCUT2D eigenvalue weighted by Crippen LogP contribution is -2.28. The number of hydrogen-bond donors (Lipinski definition) is 0. The minimum Gasteiger partial charge on any atom is -0.383 e. The first-order chi connectivity index (χ1) is 13.0. The Kier molecular flexibility index (Phi) is 5.88. The number of rotatable bonds is 7. The maximum Gasteiger partial charge on any atom is 0.269 e. The molecule has 1 aromatic heterocycles. The largest absolute Gasteiger partial charge is 0.383 e. The zero-order valence-electron chi connectivity index (χ0n) is 15.0. The Balaban J connectivity index is 1.95. The minimum absolute atomic E-state index is 0.0539. The summed E-state index contributed by atoms with van der Waals surface area (Å²) in [5.74, 6) is 0.544. The Labute approximate surface area is 160 Å². The van der Waals surface area contributed by atoms with Crippen LogP contribution >= 0.6 is 11.8 Å². The summed E-state index contributed by atoms with van der Waals surface area (Å²) in [6.07, 6.45) is 0. The van der Waals surface area contributed by atoms with Gasteiger partial charge in [0, 0.05) is 25.0 Å². The molecule has 0 bridgehead atoms. The molecule has 0 spiro atoms. The lowest BCUT2D eigenvalue weighted by Gasteiger charge is -2.18. The summed E-state index contributed by atoms with van der Waals surface area (Å²) in [5.41, 5.74) is 1.52. The Morgan fingerprint density at radius 1 is 1.22 bits per heavy atom. The normalized spacial score (nSPS) is 12.2. The van der Waals surface area contributed by atoms with E-state index >= 15 is 0 Å². The van der Waals surface area contributed by atoms with E-state index in [2.05, 4.69) is 4.98 Å². The Morgan fingerprint density at radius 3 is 2.59 bits per heavy atom. The minimum atomic E-state index is -0.425. The molecule has 1 heterocycles. The highest BCUT2D eigenvalue weighted by Crippen LogP contribution is 2.25. The van der Waals surface area contributed by atoms with Gasteiger partial charge in [0.25, 0.3) is 11.2 Å². The van der Waals surface area contributed by atoms with Crippen LogP contribution in [0.3, 0.4) is 0 Å². The number of methoxy groups -OCH3 is 1. The van der Waals surface area contributed by atoms with Gasteiger partial charge in [-0.05, 0) is 24.6 Å². The van der Waals surface area contributed by atoms with Gasteiger partial charge in [0.1, 0.15) is 0 Å². The molecule has 3 aromatic rings. The van der Waals surface area contributed by atoms with Gasteiger partial charge in [0.05, 0.1) is 28.5 Å². The first-order valence-corrected chi connectivity index (χ1v) is 9.36. The smallest absolute Gasteiger partial charge is 0.269 e. The van der Waals surface area contributed by atoms with Crippen molar-refractivity contribution in [2.75, 3.05) is 13.7 Å². The molecule has 8 heteroatoms. The second-order valence-corrected chi connectivity index (χ2v) is 7.05. The van der Waals surface area contributed by atoms with Gasteiger partial charge in [0.15, 0.2) is 5.16 Å². The van der Waals surface area contributed by atoms with Crippen LogP contribution in [0, 0.1) is 10.1 Å². The number of nitro groups is 1. The molecule has 0 radical (unpaired) electrons. The van der Waals surface area contributed by atoms with Gasteiger partial charge in [-0.3, -0.25) is 19.5 Å². The lowest BCUT2D eigenvalue weighted by molar-refractivity contribution is -0.384. The van der Waals surface area contributed by atoms with Crippen molar-refractivity contribution in [1.82, 2.24) is 9.55 Å². The molecule has 2 aromatic carbocycles. The Hall–Kier alpha value is -2.71. The first kappa shape index (κ1) is 19.1. The summed E-state index contributed by atoms with van der Waals surface area (Å²) < 4.78 is 6.87. The zero-order valence-corrected chi connectivity index (χ0v) is 15.8. The van der Waals surface area contributed by atoms with Crippen molar-refractivity contribution in [2.45, 2.75) is 23.9 Å². The molecular weight excluding hydrogens is 366 g/mol. The molecule has 0 amide bonds. The molecule has 0 aliphatic heterocycles. The van der Waals surface area contributed by atoms with Crippen LogP contribution in [0.1, 0.15) is 18.5 Å². The van der Waals surface area contributed by atoms with Gasteiger partial charge in [-0.25, -0.2) is 4.98 Å². The number of para-hydroxylation sites is 1. The summed E-state index contributed by atoms with van der Waals surface area (Å²) in [6, 6.07) is 13.5. The molecule has 140 valence electrons. The van der Waals surface area contributed by atoms with Gasteiger partial charge in [0.2, 0.25) is 0 Å². The number of aromatic nitrogens is 2. The van der Waals surface area contributed by atoms with Crippen LogP contribution in [0.2, 0.25) is 0 Å². The van der Waals surface area contributed by atoms with E-state index in [1.54, 1.807) is 29.9 Å². The molecule has 0 saturated heterocycles. The number of ether oxygens (including phenoxy) is 1. The van der Waals surface area contributed by atoms with Gasteiger partial charge < -0.3 is 4.74 Å². The molecule has 0 N–H and O–H groups in total. The third-order valence-electron chi connectivity index (χ3n) is 4.14. The molecule has 27 heavy (non-hydrogen) atoms. The van der Waals surface area contributed by atoms with E-state index in [-0.39, 0.29) is 17.3 Å². The number of nitro benzene ring substituents is 1. The van der Waals surface area contributed by atoms with Gasteiger partial charge in [-0.15, -0.1) is 0 Å². The topological polar surface area (TPSA) is 87.3 Å². The predicted molar refractivity (Wildman–Crippen MR) is 105 cm³/mol. The number of thioether (sulfide) groups is 1. The number of fused-ring (bicyclic) bond motifs is 1. The molecule has 0 unspecified atom stereocenters. The molecule has 3 rings (SSSR count). The summed E-state index contributed by atoms with van der Waals surface area (Å²) in [5, 5.41) is 11.9. The summed E-state index contributed by atoms with van der Waals surface area (Å²) in [6.45, 7) is 2.31. The van der Waals surface area contributed by atoms with Crippen molar-refractivity contribution in [3.8, 4) is 0 Å². The number of nitrogens with zero attached hydrogens (tertiary/aromatic N) is 3. The number of benzene rings is 2. The molecule has 0 saturated carbocycles. The Morgan fingerprint density at radius 2 is 1.93 bits per heavy atom. The van der Waals surface area contributed by atoms with Crippen LogP contribution in [0.15, 0.2) is 58.5 Å². The van der Waals surface area contributed by atoms with Crippen LogP contribution in [0.5, 0.6) is 0 Å². The molecule has 0 aliphatic carbocycles. The standard InChI is InChI=1S/C19H19N3O4S/c1-13(11-26-2)21-18(23)16-5-3-4-6-17(16)20-19(21)27-12-14-7-9-15(10-8-14)22(24)25/h3-10,13H,11-12H2,1-2H3/t13-/m0/s1. The van der Waals surface area contributed by atoms with Crippen molar-refractivity contribution in [3.05, 3.63) is 74.6 Å². The fourth-order valence-corrected chi connectivity index (χ4v) is 3.85. The van der Waals surface area contributed by atoms with Crippen molar-refractivity contribution in [3.63, 3.8) is 0 Å². The second-order valence-electron chi connectivity index (χ2n) is 6.10. The zero-order chi connectivity index (χ0) is 19.4. The first-order valence-electron chi connectivity index (χ1n) is 8.37. The number of non-ortho nitro benzene ring substituents is 1. The average Bonchev–Trinajstić information content (AvgIpc) is 2.67. The monoisotopic (exact) mass is 385 g/mol. The third kappa shape index (κ3) is 4.17. The highest BCUT2D eigenvalue weighted by molar-refractivity contribution is 7.98. The Bertz CT molecular complexity index is 1020. The van der Waals surface area contributed by atoms with E-state index in [1.807, 2.05) is 25.1 Å². The number of hydrogen-bond acceptors (Lipinski definition) is 6. The SMILES string of the molecule is COC[C@H](C)n1c(SCc2ccc([N+](=O)[O-])cc2)nc2ccccc2c1=O. The molecule has 1 atom stereocenters. The molecule has 0 fully saturated rings. The van der Waals surface area contributed by atoms with E-state index in [0.29, 0.717) is 28.4 Å². The van der Waals surface area contributed by atoms with E-state index in [1.165, 1.54) is 23.9 Å². The van der Waals surface area contributed by atoms with Gasteiger partial charge in [-0.1, -0.05) is 36.0 Å². The van der Waals surface area contributed by atoms with Crippen molar-refractivity contribution >= 4 is 28.4 Å².